The number of rotatable bonds is 4. The third-order valence-corrected chi connectivity index (χ3v) is 4.56. The number of nitrogens with zero attached hydrogens (tertiary/aromatic N) is 4. The molecule has 0 amide bonds. The largest absolute Gasteiger partial charge is 0.363 e. The van der Waals surface area contributed by atoms with Crippen LogP contribution in [-0.2, 0) is 6.54 Å². The summed E-state index contributed by atoms with van der Waals surface area (Å²) in [4.78, 5) is 13.4. The summed E-state index contributed by atoms with van der Waals surface area (Å²) in [6, 6.07) is 4.86. The topological polar surface area (TPSA) is 32.3 Å². The van der Waals surface area contributed by atoms with Gasteiger partial charge in [-0.15, -0.1) is 11.3 Å². The lowest BCUT2D eigenvalue weighted by Gasteiger charge is -2.24. The van der Waals surface area contributed by atoms with E-state index >= 15 is 0 Å². The van der Waals surface area contributed by atoms with Gasteiger partial charge in [-0.3, -0.25) is 4.90 Å². The van der Waals surface area contributed by atoms with Crippen molar-refractivity contribution >= 4 is 17.2 Å². The van der Waals surface area contributed by atoms with Crippen molar-refractivity contribution in [1.29, 1.82) is 0 Å². The van der Waals surface area contributed by atoms with Crippen molar-refractivity contribution in [2.75, 3.05) is 25.5 Å². The van der Waals surface area contributed by atoms with Gasteiger partial charge in [0.25, 0.3) is 0 Å². The normalized spacial score (nSPS) is 19.4. The van der Waals surface area contributed by atoms with E-state index in [2.05, 4.69) is 37.3 Å². The Balaban J connectivity index is 1.79. The van der Waals surface area contributed by atoms with Crippen LogP contribution in [0.25, 0.3) is 0 Å². The maximum atomic E-state index is 4.41. The quantitative estimate of drug-likeness (QED) is 0.866. The molecule has 106 valence electrons. The van der Waals surface area contributed by atoms with Crippen molar-refractivity contribution in [3.8, 4) is 0 Å². The van der Waals surface area contributed by atoms with E-state index < -0.39 is 0 Å². The maximum absolute atomic E-state index is 4.41. The van der Waals surface area contributed by atoms with E-state index in [0.717, 1.165) is 18.9 Å². The van der Waals surface area contributed by atoms with E-state index in [-0.39, 0.29) is 0 Å². The van der Waals surface area contributed by atoms with Crippen molar-refractivity contribution in [3.63, 3.8) is 0 Å². The molecular weight excluding hydrogens is 268 g/mol. The average molecular weight is 288 g/mol. The van der Waals surface area contributed by atoms with Crippen LogP contribution in [0.1, 0.15) is 29.5 Å². The molecule has 20 heavy (non-hydrogen) atoms. The first kappa shape index (κ1) is 13.5. The summed E-state index contributed by atoms with van der Waals surface area (Å²) in [5.41, 5.74) is 1.37. The third-order valence-electron chi connectivity index (χ3n) is 3.80. The molecule has 0 spiro atoms. The van der Waals surface area contributed by atoms with Crippen LogP contribution in [-0.4, -0.2) is 35.5 Å². The lowest BCUT2D eigenvalue weighted by Crippen LogP contribution is -2.23. The molecule has 0 N–H and O–H groups in total. The van der Waals surface area contributed by atoms with Crippen LogP contribution in [0.2, 0.25) is 0 Å². The molecule has 1 aliphatic heterocycles. The molecule has 3 heterocycles. The van der Waals surface area contributed by atoms with Crippen molar-refractivity contribution in [2.45, 2.75) is 25.4 Å². The molecule has 4 nitrogen and oxygen atoms in total. The summed E-state index contributed by atoms with van der Waals surface area (Å²) < 4.78 is 0. The van der Waals surface area contributed by atoms with Crippen molar-refractivity contribution in [2.24, 2.45) is 0 Å². The Kier molecular flexibility index (Phi) is 3.98. The second-order valence-electron chi connectivity index (χ2n) is 5.40. The van der Waals surface area contributed by atoms with Crippen molar-refractivity contribution in [1.82, 2.24) is 14.9 Å². The lowest BCUT2D eigenvalue weighted by atomic mass is 10.1. The zero-order valence-electron chi connectivity index (χ0n) is 12.0. The SMILES string of the molecule is CN(C)c1cc(C2CCCN2Cc2nccs2)ccn1. The maximum Gasteiger partial charge on any atom is 0.128 e. The minimum atomic E-state index is 0.501. The first-order valence-corrected chi connectivity index (χ1v) is 7.87. The molecule has 0 saturated carbocycles. The first-order valence-electron chi connectivity index (χ1n) is 7.00. The van der Waals surface area contributed by atoms with Crippen LogP contribution in [0.3, 0.4) is 0 Å². The monoisotopic (exact) mass is 288 g/mol. The molecule has 1 unspecified atom stereocenters. The van der Waals surface area contributed by atoms with Crippen molar-refractivity contribution in [3.05, 3.63) is 40.5 Å². The molecule has 1 atom stereocenters. The third kappa shape index (κ3) is 2.83. The van der Waals surface area contributed by atoms with Crippen LogP contribution >= 0.6 is 11.3 Å². The zero-order chi connectivity index (χ0) is 13.9. The highest BCUT2D eigenvalue weighted by molar-refractivity contribution is 7.09. The van der Waals surface area contributed by atoms with Gasteiger partial charge >= 0.3 is 0 Å². The minimum Gasteiger partial charge on any atom is -0.363 e. The molecule has 1 fully saturated rings. The van der Waals surface area contributed by atoms with Gasteiger partial charge in [0.05, 0.1) is 6.54 Å². The number of likely N-dealkylation sites (tertiary alicyclic amines) is 1. The Labute approximate surface area is 124 Å². The van der Waals surface area contributed by atoms with Gasteiger partial charge < -0.3 is 4.90 Å². The highest BCUT2D eigenvalue weighted by atomic mass is 32.1. The van der Waals surface area contributed by atoms with Gasteiger partial charge in [-0.2, -0.15) is 0 Å². The Bertz CT molecular complexity index is 553. The minimum absolute atomic E-state index is 0.501. The van der Waals surface area contributed by atoms with Gasteiger partial charge in [-0.1, -0.05) is 0 Å². The number of aromatic nitrogens is 2. The second-order valence-corrected chi connectivity index (χ2v) is 6.38. The summed E-state index contributed by atoms with van der Waals surface area (Å²) in [5.74, 6) is 1.03. The summed E-state index contributed by atoms with van der Waals surface area (Å²) in [5, 5.41) is 3.26. The number of hydrogen-bond acceptors (Lipinski definition) is 5. The smallest absolute Gasteiger partial charge is 0.128 e. The van der Waals surface area contributed by atoms with E-state index in [9.17, 15) is 0 Å². The Morgan fingerprint density at radius 1 is 1.35 bits per heavy atom. The van der Waals surface area contributed by atoms with Gasteiger partial charge in [-0.05, 0) is 37.1 Å². The average Bonchev–Trinajstić information content (AvgIpc) is 3.11. The number of anilines is 1. The predicted octanol–water partition coefficient (Wildman–Crippen LogP) is 2.94. The van der Waals surface area contributed by atoms with E-state index in [1.165, 1.54) is 23.4 Å². The molecule has 1 aliphatic rings. The van der Waals surface area contributed by atoms with Crippen LogP contribution in [0.5, 0.6) is 0 Å². The molecule has 5 heteroatoms. The van der Waals surface area contributed by atoms with Gasteiger partial charge in [0.15, 0.2) is 0 Å². The van der Waals surface area contributed by atoms with Crippen LogP contribution in [0.4, 0.5) is 5.82 Å². The van der Waals surface area contributed by atoms with Crippen molar-refractivity contribution < 1.29 is 0 Å². The van der Waals surface area contributed by atoms with E-state index in [0.29, 0.717) is 6.04 Å². The molecule has 1 saturated heterocycles. The fourth-order valence-electron chi connectivity index (χ4n) is 2.78. The number of pyridine rings is 1. The number of hydrogen-bond donors (Lipinski definition) is 0. The predicted molar refractivity (Wildman–Crippen MR) is 83.1 cm³/mol. The number of thiazole rings is 1. The summed E-state index contributed by atoms with van der Waals surface area (Å²) >= 11 is 1.74. The molecule has 0 aliphatic carbocycles. The van der Waals surface area contributed by atoms with Crippen LogP contribution in [0, 0.1) is 0 Å². The molecule has 0 aromatic carbocycles. The highest BCUT2D eigenvalue weighted by Gasteiger charge is 2.26. The Hall–Kier alpha value is -1.46. The fourth-order valence-corrected chi connectivity index (χ4v) is 3.42. The van der Waals surface area contributed by atoms with Gasteiger partial charge in [0, 0.05) is 37.9 Å². The van der Waals surface area contributed by atoms with E-state index in [1.807, 2.05) is 26.5 Å². The van der Waals surface area contributed by atoms with Gasteiger partial charge in [-0.25, -0.2) is 9.97 Å². The zero-order valence-corrected chi connectivity index (χ0v) is 12.8. The lowest BCUT2D eigenvalue weighted by molar-refractivity contribution is 0.248. The molecule has 0 radical (unpaired) electrons. The second kappa shape index (κ2) is 5.89. The van der Waals surface area contributed by atoms with Crippen LogP contribution in [0.15, 0.2) is 29.9 Å². The molecule has 2 aromatic rings. The first-order chi connectivity index (χ1) is 9.74. The molecule has 3 rings (SSSR count). The Morgan fingerprint density at radius 2 is 2.25 bits per heavy atom. The van der Waals surface area contributed by atoms with E-state index in [1.54, 1.807) is 11.3 Å². The van der Waals surface area contributed by atoms with Gasteiger partial charge in [0.2, 0.25) is 0 Å². The molecular formula is C15H20N4S. The fraction of sp³-hybridized carbons (Fsp3) is 0.467. The van der Waals surface area contributed by atoms with Gasteiger partial charge in [0.1, 0.15) is 10.8 Å². The molecule has 0 bridgehead atoms. The highest BCUT2D eigenvalue weighted by Crippen LogP contribution is 2.34. The summed E-state index contributed by atoms with van der Waals surface area (Å²) in [6.45, 7) is 2.12. The summed E-state index contributed by atoms with van der Waals surface area (Å²) in [6.07, 6.45) is 6.30. The molecule has 2 aromatic heterocycles. The van der Waals surface area contributed by atoms with Crippen LogP contribution < -0.4 is 4.90 Å². The summed E-state index contributed by atoms with van der Waals surface area (Å²) in [7, 11) is 4.07. The van der Waals surface area contributed by atoms with E-state index in [4.69, 9.17) is 0 Å². The Morgan fingerprint density at radius 3 is 3.00 bits per heavy atom. The standard InChI is InChI=1S/C15H20N4S/c1-18(2)14-10-12(5-6-16-14)13-4-3-8-19(13)11-15-17-7-9-20-15/h5-7,9-10,13H,3-4,8,11H2,1-2H3.